The van der Waals surface area contributed by atoms with Gasteiger partial charge < -0.3 is 4.90 Å². The van der Waals surface area contributed by atoms with Crippen LogP contribution in [0.3, 0.4) is 0 Å². The van der Waals surface area contributed by atoms with Gasteiger partial charge in [-0.1, -0.05) is 24.6 Å². The second kappa shape index (κ2) is 7.93. The Morgan fingerprint density at radius 1 is 1.10 bits per heavy atom. The van der Waals surface area contributed by atoms with Crippen LogP contribution >= 0.6 is 0 Å². The zero-order valence-corrected chi connectivity index (χ0v) is 13.8. The summed E-state index contributed by atoms with van der Waals surface area (Å²) in [5.41, 5.74) is 2.82. The predicted molar refractivity (Wildman–Crippen MR) is 85.7 cm³/mol. The molecule has 116 valence electrons. The number of likely N-dealkylation sites (N-methyl/N-ethyl adjacent to an activating group) is 1. The Morgan fingerprint density at radius 3 is 2.33 bits per heavy atom. The highest BCUT2D eigenvalue weighted by atomic mass is 16.2. The molecule has 0 aliphatic heterocycles. The van der Waals surface area contributed by atoms with E-state index in [1.807, 2.05) is 36.9 Å². The molecular formula is C17H26N2O2. The molecule has 1 rings (SSSR count). The van der Waals surface area contributed by atoms with Gasteiger partial charge in [0.2, 0.25) is 5.91 Å². The van der Waals surface area contributed by atoms with Crippen LogP contribution in [0.4, 0.5) is 0 Å². The molecule has 0 unspecified atom stereocenters. The van der Waals surface area contributed by atoms with Crippen molar-refractivity contribution < 1.29 is 9.59 Å². The first kappa shape index (κ1) is 17.4. The molecule has 0 radical (unpaired) electrons. The number of aryl methyl sites for hydroxylation is 2. The molecule has 1 aromatic carbocycles. The summed E-state index contributed by atoms with van der Waals surface area (Å²) in [5.74, 6) is 0.105. The lowest BCUT2D eigenvalue weighted by Gasteiger charge is -2.22. The number of amides is 1. The molecule has 0 saturated carbocycles. The van der Waals surface area contributed by atoms with Crippen molar-refractivity contribution in [2.75, 3.05) is 33.7 Å². The fourth-order valence-electron chi connectivity index (χ4n) is 2.19. The van der Waals surface area contributed by atoms with E-state index in [-0.39, 0.29) is 24.8 Å². The van der Waals surface area contributed by atoms with Crippen molar-refractivity contribution >= 4 is 11.7 Å². The minimum atomic E-state index is 0.0252. The number of carbonyl (C=O) groups excluding carboxylic acids is 2. The third-order valence-corrected chi connectivity index (χ3v) is 3.46. The number of hydrogen-bond donors (Lipinski definition) is 0. The molecule has 0 heterocycles. The van der Waals surface area contributed by atoms with Gasteiger partial charge in [0.05, 0.1) is 13.1 Å². The van der Waals surface area contributed by atoms with E-state index in [0.717, 1.165) is 29.7 Å². The molecule has 4 heteroatoms. The normalized spacial score (nSPS) is 10.8. The number of nitrogens with zero attached hydrogens (tertiary/aromatic N) is 2. The molecule has 0 atom stereocenters. The van der Waals surface area contributed by atoms with Crippen LogP contribution < -0.4 is 0 Å². The maximum atomic E-state index is 12.5. The van der Waals surface area contributed by atoms with Crippen LogP contribution in [0.2, 0.25) is 0 Å². The molecule has 0 aromatic heterocycles. The largest absolute Gasteiger partial charge is 0.348 e. The van der Waals surface area contributed by atoms with Gasteiger partial charge in [0, 0.05) is 19.7 Å². The molecule has 0 N–H and O–H groups in total. The van der Waals surface area contributed by atoms with E-state index in [9.17, 15) is 9.59 Å². The lowest BCUT2D eigenvalue weighted by Crippen LogP contribution is -2.39. The molecule has 1 amide bonds. The highest BCUT2D eigenvalue weighted by Gasteiger charge is 2.17. The summed E-state index contributed by atoms with van der Waals surface area (Å²) in [6, 6.07) is 5.90. The summed E-state index contributed by atoms with van der Waals surface area (Å²) >= 11 is 0. The molecule has 21 heavy (non-hydrogen) atoms. The number of benzene rings is 1. The molecule has 0 spiro atoms. The molecule has 1 aromatic rings. The Labute approximate surface area is 127 Å². The zero-order valence-electron chi connectivity index (χ0n) is 13.8. The maximum absolute atomic E-state index is 12.5. The second-order valence-corrected chi connectivity index (χ2v) is 5.74. The lowest BCUT2D eigenvalue weighted by atomic mass is 10.0. The average molecular weight is 290 g/mol. The summed E-state index contributed by atoms with van der Waals surface area (Å²) in [5, 5.41) is 0. The van der Waals surface area contributed by atoms with Crippen LogP contribution in [0.1, 0.15) is 34.8 Å². The minimum absolute atomic E-state index is 0.0252. The average Bonchev–Trinajstić information content (AvgIpc) is 2.41. The summed E-state index contributed by atoms with van der Waals surface area (Å²) in [4.78, 5) is 27.8. The van der Waals surface area contributed by atoms with E-state index in [1.54, 1.807) is 19.0 Å². The van der Waals surface area contributed by atoms with Gasteiger partial charge in [0.25, 0.3) is 0 Å². The molecule has 0 fully saturated rings. The van der Waals surface area contributed by atoms with Crippen molar-refractivity contribution in [3.63, 3.8) is 0 Å². The first-order valence-corrected chi connectivity index (χ1v) is 7.38. The Morgan fingerprint density at radius 2 is 1.76 bits per heavy atom. The van der Waals surface area contributed by atoms with E-state index in [2.05, 4.69) is 6.92 Å². The first-order chi connectivity index (χ1) is 9.85. The Balaban J connectivity index is 2.80. The van der Waals surface area contributed by atoms with Crippen molar-refractivity contribution in [2.24, 2.45) is 0 Å². The van der Waals surface area contributed by atoms with Gasteiger partial charge in [-0.25, -0.2) is 0 Å². The van der Waals surface area contributed by atoms with Crippen LogP contribution in [0.5, 0.6) is 0 Å². The van der Waals surface area contributed by atoms with Crippen LogP contribution in [0.15, 0.2) is 18.2 Å². The molecule has 0 aliphatic rings. The number of hydrogen-bond acceptors (Lipinski definition) is 3. The van der Waals surface area contributed by atoms with Gasteiger partial charge in [0.15, 0.2) is 5.78 Å². The summed E-state index contributed by atoms with van der Waals surface area (Å²) < 4.78 is 0. The van der Waals surface area contributed by atoms with Crippen molar-refractivity contribution in [1.82, 2.24) is 9.80 Å². The Bertz CT molecular complexity index is 510. The minimum Gasteiger partial charge on any atom is -0.348 e. The second-order valence-electron chi connectivity index (χ2n) is 5.74. The lowest BCUT2D eigenvalue weighted by molar-refractivity contribution is -0.129. The van der Waals surface area contributed by atoms with Crippen LogP contribution in [0.25, 0.3) is 0 Å². The molecule has 0 aliphatic carbocycles. The number of carbonyl (C=O) groups is 2. The topological polar surface area (TPSA) is 40.6 Å². The van der Waals surface area contributed by atoms with Crippen LogP contribution in [0, 0.1) is 13.8 Å². The maximum Gasteiger partial charge on any atom is 0.236 e. The van der Waals surface area contributed by atoms with Crippen LogP contribution in [-0.2, 0) is 4.79 Å². The highest BCUT2D eigenvalue weighted by Crippen LogP contribution is 2.12. The van der Waals surface area contributed by atoms with E-state index in [0.29, 0.717) is 0 Å². The number of rotatable bonds is 7. The van der Waals surface area contributed by atoms with Gasteiger partial charge >= 0.3 is 0 Å². The molecule has 0 bridgehead atoms. The smallest absolute Gasteiger partial charge is 0.236 e. The molecule has 4 nitrogen and oxygen atoms in total. The van der Waals surface area contributed by atoms with Gasteiger partial charge in [-0.3, -0.25) is 14.5 Å². The fraction of sp³-hybridized carbons (Fsp3) is 0.529. The summed E-state index contributed by atoms with van der Waals surface area (Å²) in [7, 11) is 3.47. The summed E-state index contributed by atoms with van der Waals surface area (Å²) in [6.07, 6.45) is 0.917. The van der Waals surface area contributed by atoms with Crippen molar-refractivity contribution in [3.8, 4) is 0 Å². The van der Waals surface area contributed by atoms with E-state index in [4.69, 9.17) is 0 Å². The number of Topliss-reactive ketones (excluding diaryl/α,β-unsaturated/α-hetero) is 1. The summed E-state index contributed by atoms with van der Waals surface area (Å²) in [6.45, 7) is 7.30. The SMILES string of the molecule is CCCN(CC(=O)c1cc(C)ccc1C)CC(=O)N(C)C. The zero-order chi connectivity index (χ0) is 16.0. The van der Waals surface area contributed by atoms with Crippen molar-refractivity contribution in [3.05, 3.63) is 34.9 Å². The first-order valence-electron chi connectivity index (χ1n) is 7.38. The third kappa shape index (κ3) is 5.31. The van der Waals surface area contributed by atoms with E-state index < -0.39 is 0 Å². The Kier molecular flexibility index (Phi) is 6.56. The third-order valence-electron chi connectivity index (χ3n) is 3.46. The molecule has 0 saturated heterocycles. The van der Waals surface area contributed by atoms with Gasteiger partial charge in [-0.05, 0) is 38.4 Å². The van der Waals surface area contributed by atoms with E-state index >= 15 is 0 Å². The fourth-order valence-corrected chi connectivity index (χ4v) is 2.19. The van der Waals surface area contributed by atoms with Gasteiger partial charge in [-0.15, -0.1) is 0 Å². The van der Waals surface area contributed by atoms with Crippen molar-refractivity contribution in [1.29, 1.82) is 0 Å². The van der Waals surface area contributed by atoms with Crippen LogP contribution in [-0.4, -0.2) is 55.2 Å². The highest BCUT2D eigenvalue weighted by molar-refractivity contribution is 5.99. The van der Waals surface area contributed by atoms with Gasteiger partial charge in [0.1, 0.15) is 0 Å². The Hall–Kier alpha value is -1.68. The molecular weight excluding hydrogens is 264 g/mol. The standard InChI is InChI=1S/C17H26N2O2/c1-6-9-19(12-17(21)18(4)5)11-16(20)15-10-13(2)7-8-14(15)3/h7-8,10H,6,9,11-12H2,1-5H3. The number of ketones is 1. The van der Waals surface area contributed by atoms with E-state index in [1.165, 1.54) is 0 Å². The predicted octanol–water partition coefficient (Wildman–Crippen LogP) is 2.29. The quantitative estimate of drug-likeness (QED) is 0.723. The monoisotopic (exact) mass is 290 g/mol. The van der Waals surface area contributed by atoms with Crippen molar-refractivity contribution in [2.45, 2.75) is 27.2 Å². The van der Waals surface area contributed by atoms with Gasteiger partial charge in [-0.2, -0.15) is 0 Å².